The van der Waals surface area contributed by atoms with Gasteiger partial charge >= 0.3 is 0 Å². The molecule has 2 aromatic heterocycles. The van der Waals surface area contributed by atoms with Gasteiger partial charge < -0.3 is 10.3 Å². The Balaban J connectivity index is 1.54. The molecule has 0 saturated carbocycles. The van der Waals surface area contributed by atoms with E-state index >= 15 is 0 Å². The standard InChI is InChI=1S/C22H16N4O/c27-22(18-13-23-20-7-3-1-5-16(18)20)17-6-2-4-8-21(17)25-15-9-10-19-14(11-15)12-24-26-19/h1-13,23,25H,(H,24,26). The molecule has 5 aromatic rings. The van der Waals surface area contributed by atoms with Crippen molar-refractivity contribution in [2.24, 2.45) is 0 Å². The monoisotopic (exact) mass is 352 g/mol. The fourth-order valence-electron chi connectivity index (χ4n) is 3.37. The van der Waals surface area contributed by atoms with Crippen molar-refractivity contribution in [3.8, 4) is 0 Å². The molecule has 0 spiro atoms. The van der Waals surface area contributed by atoms with Crippen LogP contribution in [0.3, 0.4) is 0 Å². The average molecular weight is 352 g/mol. The van der Waals surface area contributed by atoms with Gasteiger partial charge in [0.1, 0.15) is 0 Å². The third-order valence-electron chi connectivity index (χ3n) is 4.72. The fraction of sp³-hybridized carbons (Fsp3) is 0. The Hall–Kier alpha value is -3.86. The first-order valence-electron chi connectivity index (χ1n) is 8.69. The van der Waals surface area contributed by atoms with E-state index in [2.05, 4.69) is 20.5 Å². The molecule has 0 aliphatic carbocycles. The first-order valence-corrected chi connectivity index (χ1v) is 8.69. The number of rotatable bonds is 4. The largest absolute Gasteiger partial charge is 0.360 e. The van der Waals surface area contributed by atoms with Gasteiger partial charge in [-0.05, 0) is 36.4 Å². The number of aromatic amines is 2. The van der Waals surface area contributed by atoms with Gasteiger partial charge in [-0.2, -0.15) is 5.10 Å². The van der Waals surface area contributed by atoms with Crippen molar-refractivity contribution in [1.29, 1.82) is 0 Å². The van der Waals surface area contributed by atoms with Gasteiger partial charge in [-0.25, -0.2) is 0 Å². The zero-order valence-corrected chi connectivity index (χ0v) is 14.4. The molecular formula is C22H16N4O. The summed E-state index contributed by atoms with van der Waals surface area (Å²) in [6.45, 7) is 0. The molecule has 130 valence electrons. The predicted octanol–water partition coefficient (Wildman–Crippen LogP) is 5.02. The number of carbonyl (C=O) groups excluding carboxylic acids is 1. The van der Waals surface area contributed by atoms with Gasteiger partial charge in [0.2, 0.25) is 0 Å². The maximum atomic E-state index is 13.2. The van der Waals surface area contributed by atoms with E-state index in [0.29, 0.717) is 11.1 Å². The molecule has 27 heavy (non-hydrogen) atoms. The molecule has 0 amide bonds. The van der Waals surface area contributed by atoms with Crippen LogP contribution in [-0.4, -0.2) is 21.0 Å². The molecule has 0 aliphatic rings. The molecule has 0 fully saturated rings. The van der Waals surface area contributed by atoms with Crippen LogP contribution in [-0.2, 0) is 0 Å². The second-order valence-electron chi connectivity index (χ2n) is 6.42. The number of hydrogen-bond donors (Lipinski definition) is 3. The highest BCUT2D eigenvalue weighted by atomic mass is 16.1. The number of nitrogens with zero attached hydrogens (tertiary/aromatic N) is 1. The summed E-state index contributed by atoms with van der Waals surface area (Å²) in [5, 5.41) is 12.3. The van der Waals surface area contributed by atoms with Crippen molar-refractivity contribution >= 4 is 39.0 Å². The third kappa shape index (κ3) is 2.66. The molecule has 5 rings (SSSR count). The molecule has 5 heteroatoms. The second-order valence-corrected chi connectivity index (χ2v) is 6.42. The highest BCUT2D eigenvalue weighted by molar-refractivity contribution is 6.18. The van der Waals surface area contributed by atoms with E-state index in [-0.39, 0.29) is 5.78 Å². The maximum absolute atomic E-state index is 13.2. The molecule has 0 saturated heterocycles. The van der Waals surface area contributed by atoms with E-state index in [1.54, 1.807) is 12.4 Å². The molecule has 3 aromatic carbocycles. The summed E-state index contributed by atoms with van der Waals surface area (Å²) >= 11 is 0. The van der Waals surface area contributed by atoms with E-state index in [4.69, 9.17) is 0 Å². The Labute approximate surface area is 155 Å². The summed E-state index contributed by atoms with van der Waals surface area (Å²) in [6, 6.07) is 21.3. The van der Waals surface area contributed by atoms with Crippen LogP contribution in [0.1, 0.15) is 15.9 Å². The van der Waals surface area contributed by atoms with Gasteiger partial charge in [-0.15, -0.1) is 0 Å². The van der Waals surface area contributed by atoms with Crippen LogP contribution in [0, 0.1) is 0 Å². The minimum absolute atomic E-state index is 0.0139. The van der Waals surface area contributed by atoms with Crippen LogP contribution < -0.4 is 5.32 Å². The minimum Gasteiger partial charge on any atom is -0.360 e. The molecule has 2 heterocycles. The summed E-state index contributed by atoms with van der Waals surface area (Å²) in [7, 11) is 0. The summed E-state index contributed by atoms with van der Waals surface area (Å²) in [5.74, 6) is -0.0139. The van der Waals surface area contributed by atoms with E-state index in [0.717, 1.165) is 33.2 Å². The Bertz CT molecular complexity index is 1280. The zero-order valence-electron chi connectivity index (χ0n) is 14.4. The number of carbonyl (C=O) groups is 1. The van der Waals surface area contributed by atoms with Crippen LogP contribution >= 0.6 is 0 Å². The Morgan fingerprint density at radius 1 is 0.889 bits per heavy atom. The number of anilines is 2. The lowest BCUT2D eigenvalue weighted by Gasteiger charge is -2.11. The number of hydrogen-bond acceptors (Lipinski definition) is 3. The molecule has 0 aliphatic heterocycles. The number of H-pyrrole nitrogens is 2. The molecule has 0 unspecified atom stereocenters. The second kappa shape index (κ2) is 6.14. The fourth-order valence-corrected chi connectivity index (χ4v) is 3.37. The average Bonchev–Trinajstić information content (AvgIpc) is 3.34. The van der Waals surface area contributed by atoms with E-state index in [9.17, 15) is 4.79 Å². The van der Waals surface area contributed by atoms with Crippen molar-refractivity contribution in [1.82, 2.24) is 15.2 Å². The number of ketones is 1. The van der Waals surface area contributed by atoms with Crippen LogP contribution in [0.15, 0.2) is 79.1 Å². The van der Waals surface area contributed by atoms with Gasteiger partial charge in [0.25, 0.3) is 0 Å². The maximum Gasteiger partial charge on any atom is 0.197 e. The molecule has 0 radical (unpaired) electrons. The van der Waals surface area contributed by atoms with Crippen LogP contribution in [0.2, 0.25) is 0 Å². The minimum atomic E-state index is -0.0139. The number of para-hydroxylation sites is 2. The summed E-state index contributed by atoms with van der Waals surface area (Å²) in [5.41, 5.74) is 4.92. The van der Waals surface area contributed by atoms with Crippen molar-refractivity contribution in [3.63, 3.8) is 0 Å². The smallest absolute Gasteiger partial charge is 0.197 e. The summed E-state index contributed by atoms with van der Waals surface area (Å²) in [4.78, 5) is 16.4. The quantitative estimate of drug-likeness (QED) is 0.398. The molecular weight excluding hydrogens is 336 g/mol. The Morgan fingerprint density at radius 3 is 2.70 bits per heavy atom. The van der Waals surface area contributed by atoms with Crippen LogP contribution in [0.25, 0.3) is 21.8 Å². The van der Waals surface area contributed by atoms with Gasteiger partial charge in [0.15, 0.2) is 5.78 Å². The predicted molar refractivity (Wildman–Crippen MR) is 108 cm³/mol. The van der Waals surface area contributed by atoms with Crippen molar-refractivity contribution in [2.45, 2.75) is 0 Å². The Morgan fingerprint density at radius 2 is 1.74 bits per heavy atom. The first-order chi connectivity index (χ1) is 13.3. The van der Waals surface area contributed by atoms with E-state index in [1.807, 2.05) is 66.7 Å². The van der Waals surface area contributed by atoms with Gasteiger partial charge in [-0.3, -0.25) is 9.89 Å². The molecule has 5 nitrogen and oxygen atoms in total. The van der Waals surface area contributed by atoms with Crippen molar-refractivity contribution in [3.05, 3.63) is 90.3 Å². The number of aromatic nitrogens is 3. The lowest BCUT2D eigenvalue weighted by molar-refractivity contribution is 0.104. The topological polar surface area (TPSA) is 73.6 Å². The highest BCUT2D eigenvalue weighted by Crippen LogP contribution is 2.27. The van der Waals surface area contributed by atoms with Crippen LogP contribution in [0.4, 0.5) is 11.4 Å². The van der Waals surface area contributed by atoms with Gasteiger partial charge in [0, 0.05) is 45.0 Å². The van der Waals surface area contributed by atoms with Crippen molar-refractivity contribution < 1.29 is 4.79 Å². The molecule has 0 atom stereocenters. The van der Waals surface area contributed by atoms with E-state index in [1.165, 1.54) is 0 Å². The van der Waals surface area contributed by atoms with Crippen LogP contribution in [0.5, 0.6) is 0 Å². The SMILES string of the molecule is O=C(c1ccccc1Nc1ccc2[nH]ncc2c1)c1c[nH]c2ccccc12. The zero-order chi connectivity index (χ0) is 18.2. The lowest BCUT2D eigenvalue weighted by Crippen LogP contribution is -2.05. The summed E-state index contributed by atoms with van der Waals surface area (Å²) in [6.07, 6.45) is 3.56. The van der Waals surface area contributed by atoms with E-state index < -0.39 is 0 Å². The normalized spacial score (nSPS) is 11.1. The van der Waals surface area contributed by atoms with Gasteiger partial charge in [0.05, 0.1) is 11.7 Å². The van der Waals surface area contributed by atoms with Gasteiger partial charge in [-0.1, -0.05) is 30.3 Å². The highest BCUT2D eigenvalue weighted by Gasteiger charge is 2.17. The molecule has 3 N–H and O–H groups in total. The Kier molecular flexibility index (Phi) is 3.50. The third-order valence-corrected chi connectivity index (χ3v) is 4.72. The lowest BCUT2D eigenvalue weighted by atomic mass is 10.0. The van der Waals surface area contributed by atoms with Crippen molar-refractivity contribution in [2.75, 3.05) is 5.32 Å². The number of benzene rings is 3. The molecule has 0 bridgehead atoms. The first kappa shape index (κ1) is 15.4. The summed E-state index contributed by atoms with van der Waals surface area (Å²) < 4.78 is 0. The number of nitrogens with one attached hydrogen (secondary N) is 3. The number of fused-ring (bicyclic) bond motifs is 2.